The predicted molar refractivity (Wildman–Crippen MR) is 107 cm³/mol. The van der Waals surface area contributed by atoms with Gasteiger partial charge in [-0.05, 0) is 35.4 Å². The number of anilines is 1. The minimum atomic E-state index is -4.40. The van der Waals surface area contributed by atoms with Crippen LogP contribution in [0.1, 0.15) is 17.0 Å². The summed E-state index contributed by atoms with van der Waals surface area (Å²) in [5, 5.41) is 20.1. The zero-order valence-electron chi connectivity index (χ0n) is 17.0. The average molecular weight is 454 g/mol. The van der Waals surface area contributed by atoms with Crippen molar-refractivity contribution in [3.05, 3.63) is 35.2 Å². The van der Waals surface area contributed by atoms with Crippen molar-refractivity contribution in [2.45, 2.75) is 37.5 Å². The first-order valence-corrected chi connectivity index (χ1v) is 10.6. The van der Waals surface area contributed by atoms with Crippen LogP contribution in [-0.2, 0) is 17.0 Å². The molecule has 31 heavy (non-hydrogen) atoms. The molecule has 4 rings (SSSR count). The van der Waals surface area contributed by atoms with Gasteiger partial charge in [-0.25, -0.2) is 0 Å². The van der Waals surface area contributed by atoms with Gasteiger partial charge in [-0.2, -0.15) is 17.9 Å². The molecule has 9 nitrogen and oxygen atoms in total. The summed E-state index contributed by atoms with van der Waals surface area (Å²) in [6.45, 7) is 4.54. The first-order valence-electron chi connectivity index (χ1n) is 9.63. The molecule has 0 saturated carbocycles. The molecule has 3 aromatic rings. The Hall–Kier alpha value is -2.67. The zero-order valence-corrected chi connectivity index (χ0v) is 17.8. The smallest absolute Gasteiger partial charge is 0.378 e. The van der Waals surface area contributed by atoms with Gasteiger partial charge in [0.05, 0.1) is 24.7 Å². The minimum Gasteiger partial charge on any atom is -0.378 e. The fraction of sp³-hybridized carbons (Fsp3) is 0.500. The number of halogens is 3. The first kappa shape index (κ1) is 21.6. The molecule has 1 aliphatic heterocycles. The van der Waals surface area contributed by atoms with Crippen LogP contribution in [0.25, 0.3) is 5.69 Å². The molecule has 13 heteroatoms. The topological polar surface area (TPSA) is 86.8 Å². The molecule has 1 aliphatic rings. The Labute approximate surface area is 180 Å². The van der Waals surface area contributed by atoms with Gasteiger partial charge in [0.15, 0.2) is 11.0 Å². The van der Waals surface area contributed by atoms with Gasteiger partial charge in [0.25, 0.3) is 0 Å². The Balaban J connectivity index is 1.60. The maximum absolute atomic E-state index is 13.3. The van der Waals surface area contributed by atoms with E-state index in [4.69, 9.17) is 4.74 Å². The first-order chi connectivity index (χ1) is 14.8. The molecule has 1 fully saturated rings. The van der Waals surface area contributed by atoms with Gasteiger partial charge < -0.3 is 9.64 Å². The lowest BCUT2D eigenvalue weighted by Crippen LogP contribution is -2.38. The van der Waals surface area contributed by atoms with Gasteiger partial charge in [0.2, 0.25) is 5.95 Å². The summed E-state index contributed by atoms with van der Waals surface area (Å²) in [5.41, 5.74) is 2.84. The van der Waals surface area contributed by atoms with Gasteiger partial charge in [-0.3, -0.25) is 4.57 Å². The number of tetrazole rings is 1. The molecular formula is C18H21F3N8OS. The lowest BCUT2D eigenvalue weighted by Gasteiger charge is -2.28. The van der Waals surface area contributed by atoms with E-state index in [0.29, 0.717) is 32.1 Å². The van der Waals surface area contributed by atoms with Crippen molar-refractivity contribution < 1.29 is 17.9 Å². The molecule has 0 aliphatic carbocycles. The van der Waals surface area contributed by atoms with E-state index in [1.54, 1.807) is 9.58 Å². The SMILES string of the molecule is Cc1cccc(C)c1-n1nnnc1CSc1nnc(N2CCOCC2)n1CC(F)(F)F. The Kier molecular flexibility index (Phi) is 6.14. The second-order valence-electron chi connectivity index (χ2n) is 7.12. The Morgan fingerprint density at radius 2 is 1.77 bits per heavy atom. The molecule has 0 bridgehead atoms. The molecule has 3 heterocycles. The molecule has 1 aromatic carbocycles. The van der Waals surface area contributed by atoms with Crippen LogP contribution in [0.3, 0.4) is 0 Å². The van der Waals surface area contributed by atoms with E-state index < -0.39 is 12.7 Å². The second-order valence-corrected chi connectivity index (χ2v) is 8.06. The monoisotopic (exact) mass is 454 g/mol. The number of morpholine rings is 1. The number of aryl methyl sites for hydroxylation is 2. The normalized spacial score (nSPS) is 14.9. The molecule has 0 atom stereocenters. The predicted octanol–water partition coefficient (Wildman–Crippen LogP) is 2.56. The van der Waals surface area contributed by atoms with Gasteiger partial charge in [0.1, 0.15) is 6.54 Å². The Morgan fingerprint density at radius 1 is 1.06 bits per heavy atom. The third-order valence-electron chi connectivity index (χ3n) is 4.84. The van der Waals surface area contributed by atoms with Crippen molar-refractivity contribution in [3.8, 4) is 5.69 Å². The van der Waals surface area contributed by atoms with E-state index in [-0.39, 0.29) is 16.9 Å². The highest BCUT2D eigenvalue weighted by Crippen LogP contribution is 2.30. The number of ether oxygens (including phenoxy) is 1. The van der Waals surface area contributed by atoms with E-state index in [0.717, 1.165) is 33.1 Å². The number of nitrogens with zero attached hydrogens (tertiary/aromatic N) is 8. The van der Waals surface area contributed by atoms with Crippen molar-refractivity contribution in [2.24, 2.45) is 0 Å². The zero-order chi connectivity index (χ0) is 22.0. The number of benzene rings is 1. The minimum absolute atomic E-state index is 0.162. The molecule has 0 unspecified atom stereocenters. The van der Waals surface area contributed by atoms with Crippen LogP contribution in [0, 0.1) is 13.8 Å². The highest BCUT2D eigenvalue weighted by Gasteiger charge is 2.33. The largest absolute Gasteiger partial charge is 0.406 e. The van der Waals surface area contributed by atoms with E-state index in [1.165, 1.54) is 0 Å². The van der Waals surface area contributed by atoms with Crippen molar-refractivity contribution in [3.63, 3.8) is 0 Å². The summed E-state index contributed by atoms with van der Waals surface area (Å²) < 4.78 is 47.8. The van der Waals surface area contributed by atoms with Crippen molar-refractivity contribution in [2.75, 3.05) is 31.2 Å². The molecule has 166 valence electrons. The molecule has 0 spiro atoms. The van der Waals surface area contributed by atoms with Crippen molar-refractivity contribution in [1.82, 2.24) is 35.0 Å². The standard InChI is InChI=1S/C18H21F3N8OS/c1-12-4-3-5-13(2)15(12)29-14(22-25-26-29)10-31-17-24-23-16(27-6-8-30-9-7-27)28(17)11-18(19,20)21/h3-5H,6-11H2,1-2H3. The van der Waals surface area contributed by atoms with Crippen molar-refractivity contribution >= 4 is 17.7 Å². The molecule has 1 saturated heterocycles. The highest BCUT2D eigenvalue weighted by atomic mass is 32.2. The van der Waals surface area contributed by atoms with Gasteiger partial charge >= 0.3 is 6.18 Å². The van der Waals surface area contributed by atoms with Crippen LogP contribution in [0.15, 0.2) is 23.4 Å². The summed E-state index contributed by atoms with van der Waals surface area (Å²) in [5.74, 6) is 0.939. The van der Waals surface area contributed by atoms with E-state index in [1.807, 2.05) is 32.0 Å². The van der Waals surface area contributed by atoms with Crippen LogP contribution in [-0.4, -0.2) is 67.5 Å². The van der Waals surface area contributed by atoms with Crippen LogP contribution in [0.2, 0.25) is 0 Å². The fourth-order valence-electron chi connectivity index (χ4n) is 3.44. The molecule has 0 radical (unpaired) electrons. The number of alkyl halides is 3. The van der Waals surface area contributed by atoms with E-state index >= 15 is 0 Å². The van der Waals surface area contributed by atoms with Gasteiger partial charge in [-0.15, -0.1) is 15.3 Å². The second kappa shape index (κ2) is 8.83. The number of para-hydroxylation sites is 1. The van der Waals surface area contributed by atoms with Crippen molar-refractivity contribution in [1.29, 1.82) is 0 Å². The average Bonchev–Trinajstić information content (AvgIpc) is 3.33. The fourth-order valence-corrected chi connectivity index (χ4v) is 4.28. The lowest BCUT2D eigenvalue weighted by molar-refractivity contribution is -0.141. The van der Waals surface area contributed by atoms with E-state index in [2.05, 4.69) is 25.7 Å². The summed E-state index contributed by atoms with van der Waals surface area (Å²) in [7, 11) is 0. The summed E-state index contributed by atoms with van der Waals surface area (Å²) in [6.07, 6.45) is -4.40. The van der Waals surface area contributed by atoms with Crippen LogP contribution < -0.4 is 4.90 Å². The maximum atomic E-state index is 13.3. The third kappa shape index (κ3) is 4.82. The van der Waals surface area contributed by atoms with Gasteiger partial charge in [-0.1, -0.05) is 30.0 Å². The molecule has 0 amide bonds. The number of aromatic nitrogens is 7. The third-order valence-corrected chi connectivity index (χ3v) is 5.81. The van der Waals surface area contributed by atoms with E-state index in [9.17, 15) is 13.2 Å². The van der Waals surface area contributed by atoms with Crippen LogP contribution >= 0.6 is 11.8 Å². The summed E-state index contributed by atoms with van der Waals surface area (Å²) in [4.78, 5) is 1.76. The Morgan fingerprint density at radius 3 is 2.45 bits per heavy atom. The number of rotatable bonds is 6. The number of hydrogen-bond donors (Lipinski definition) is 0. The number of thioether (sulfide) groups is 1. The maximum Gasteiger partial charge on any atom is 0.406 e. The Bertz CT molecular complexity index is 1020. The molecule has 2 aromatic heterocycles. The van der Waals surface area contributed by atoms with Crippen LogP contribution in [0.5, 0.6) is 0 Å². The molecule has 0 N–H and O–H groups in total. The number of hydrogen-bond acceptors (Lipinski definition) is 8. The van der Waals surface area contributed by atoms with Gasteiger partial charge in [0, 0.05) is 13.1 Å². The van der Waals surface area contributed by atoms with Crippen LogP contribution in [0.4, 0.5) is 19.1 Å². The lowest BCUT2D eigenvalue weighted by atomic mass is 10.1. The highest BCUT2D eigenvalue weighted by molar-refractivity contribution is 7.98. The quantitative estimate of drug-likeness (QED) is 0.526. The summed E-state index contributed by atoms with van der Waals surface area (Å²) >= 11 is 1.12. The summed E-state index contributed by atoms with van der Waals surface area (Å²) in [6, 6.07) is 5.85. The molecular weight excluding hydrogens is 433 g/mol.